The molecule has 1 N–H and O–H groups in total. The van der Waals surface area contributed by atoms with E-state index in [1.165, 1.54) is 12.1 Å². The quantitative estimate of drug-likeness (QED) is 0.818. The molecular formula is C20H23FN2O3S. The molecular weight excluding hydrogens is 367 g/mol. The summed E-state index contributed by atoms with van der Waals surface area (Å²) >= 11 is 0. The van der Waals surface area contributed by atoms with Gasteiger partial charge in [0.15, 0.2) is 9.84 Å². The molecule has 0 aliphatic carbocycles. The number of nitrogens with zero attached hydrogens (tertiary/aromatic N) is 1. The first-order valence-electron chi connectivity index (χ1n) is 8.91. The number of aryl methyl sites for hydroxylation is 1. The number of hydrogen-bond donors (Lipinski definition) is 1. The highest BCUT2D eigenvalue weighted by Crippen LogP contribution is 2.27. The fraction of sp³-hybridized carbons (Fsp3) is 0.350. The van der Waals surface area contributed by atoms with Gasteiger partial charge in [0.2, 0.25) is 0 Å². The standard InChI is InChI=1S/C20H23FN2O3S/c1-3-8-23-19-7-5-15(10-17(19)11-22-20(23)24)12-27(25,26)13-16-6-4-14(2)9-18(16)21/h4-7,9-10H,3,8,11-13H2,1-2H3,(H,22,24). The minimum Gasteiger partial charge on any atom is -0.334 e. The van der Waals surface area contributed by atoms with E-state index in [0.29, 0.717) is 18.7 Å². The molecule has 7 heteroatoms. The molecule has 1 aliphatic rings. The van der Waals surface area contributed by atoms with Crippen LogP contribution in [0.25, 0.3) is 0 Å². The van der Waals surface area contributed by atoms with Crippen molar-refractivity contribution in [3.63, 3.8) is 0 Å². The first kappa shape index (κ1) is 19.4. The number of carbonyl (C=O) groups is 1. The minimum atomic E-state index is -3.53. The lowest BCUT2D eigenvalue weighted by molar-refractivity contribution is 0.244. The van der Waals surface area contributed by atoms with Crippen molar-refractivity contribution in [1.29, 1.82) is 0 Å². The topological polar surface area (TPSA) is 66.5 Å². The molecule has 2 aromatic carbocycles. The van der Waals surface area contributed by atoms with Gasteiger partial charge in [0, 0.05) is 18.7 Å². The van der Waals surface area contributed by atoms with Gasteiger partial charge < -0.3 is 5.32 Å². The Kier molecular flexibility index (Phi) is 5.51. The lowest BCUT2D eigenvalue weighted by Gasteiger charge is -2.30. The average Bonchev–Trinajstić information content (AvgIpc) is 2.59. The maximum atomic E-state index is 14.0. The SMILES string of the molecule is CCCN1C(=O)NCc2cc(CS(=O)(=O)Cc3ccc(C)cc3F)ccc21. The molecule has 0 fully saturated rings. The molecule has 0 bridgehead atoms. The second-order valence-electron chi connectivity index (χ2n) is 6.90. The van der Waals surface area contributed by atoms with Gasteiger partial charge in [0.1, 0.15) is 5.82 Å². The van der Waals surface area contributed by atoms with Crippen molar-refractivity contribution in [3.8, 4) is 0 Å². The number of hydrogen-bond acceptors (Lipinski definition) is 3. The summed E-state index contributed by atoms with van der Waals surface area (Å²) in [5.74, 6) is -1.01. The van der Waals surface area contributed by atoms with Crippen LogP contribution in [0.5, 0.6) is 0 Å². The fourth-order valence-electron chi connectivity index (χ4n) is 3.27. The van der Waals surface area contributed by atoms with Crippen molar-refractivity contribution in [1.82, 2.24) is 5.32 Å². The molecule has 3 rings (SSSR count). The van der Waals surface area contributed by atoms with E-state index in [0.717, 1.165) is 23.2 Å². The van der Waals surface area contributed by atoms with Crippen LogP contribution in [0.2, 0.25) is 0 Å². The highest BCUT2D eigenvalue weighted by molar-refractivity contribution is 7.89. The van der Waals surface area contributed by atoms with E-state index in [2.05, 4.69) is 5.32 Å². The lowest BCUT2D eigenvalue weighted by Crippen LogP contribution is -2.44. The molecule has 1 heterocycles. The summed E-state index contributed by atoms with van der Waals surface area (Å²) in [5, 5.41) is 2.80. The van der Waals surface area contributed by atoms with Crippen molar-refractivity contribution in [2.24, 2.45) is 0 Å². The second-order valence-corrected chi connectivity index (χ2v) is 8.97. The molecule has 2 aromatic rings. The maximum absolute atomic E-state index is 14.0. The first-order chi connectivity index (χ1) is 12.8. The third kappa shape index (κ3) is 4.47. The predicted octanol–water partition coefficient (Wildman–Crippen LogP) is 3.69. The molecule has 27 heavy (non-hydrogen) atoms. The van der Waals surface area contributed by atoms with Gasteiger partial charge in [-0.2, -0.15) is 0 Å². The van der Waals surface area contributed by atoms with E-state index in [4.69, 9.17) is 0 Å². The van der Waals surface area contributed by atoms with Gasteiger partial charge >= 0.3 is 6.03 Å². The van der Waals surface area contributed by atoms with Gasteiger partial charge in [0.05, 0.1) is 17.2 Å². The number of amides is 2. The highest BCUT2D eigenvalue weighted by atomic mass is 32.2. The van der Waals surface area contributed by atoms with Crippen LogP contribution in [0.15, 0.2) is 36.4 Å². The Morgan fingerprint density at radius 2 is 1.93 bits per heavy atom. The number of fused-ring (bicyclic) bond motifs is 1. The minimum absolute atomic E-state index is 0.139. The Bertz CT molecular complexity index is 973. The number of sulfone groups is 1. The summed E-state index contributed by atoms with van der Waals surface area (Å²) in [6, 6.07) is 9.75. The van der Waals surface area contributed by atoms with Crippen molar-refractivity contribution >= 4 is 21.6 Å². The molecule has 5 nitrogen and oxygen atoms in total. The third-order valence-corrected chi connectivity index (χ3v) is 6.05. The van der Waals surface area contributed by atoms with E-state index in [1.807, 2.05) is 6.92 Å². The molecule has 0 aromatic heterocycles. The smallest absolute Gasteiger partial charge is 0.322 e. The van der Waals surface area contributed by atoms with Crippen LogP contribution in [0, 0.1) is 12.7 Å². The third-order valence-electron chi connectivity index (χ3n) is 4.53. The Labute approximate surface area is 159 Å². The number of anilines is 1. The van der Waals surface area contributed by atoms with Crippen molar-refractivity contribution in [2.45, 2.75) is 38.3 Å². The van der Waals surface area contributed by atoms with Crippen LogP contribution >= 0.6 is 0 Å². The summed E-state index contributed by atoms with van der Waals surface area (Å²) < 4.78 is 39.1. The molecule has 1 aliphatic heterocycles. The van der Waals surface area contributed by atoms with E-state index < -0.39 is 15.7 Å². The second kappa shape index (κ2) is 7.68. The zero-order valence-electron chi connectivity index (χ0n) is 15.5. The summed E-state index contributed by atoms with van der Waals surface area (Å²) in [6.07, 6.45) is 0.825. The van der Waals surface area contributed by atoms with E-state index in [9.17, 15) is 17.6 Å². The molecule has 0 saturated carbocycles. The van der Waals surface area contributed by atoms with Crippen LogP contribution < -0.4 is 10.2 Å². The fourth-order valence-corrected chi connectivity index (χ4v) is 4.76. The van der Waals surface area contributed by atoms with Gasteiger partial charge in [-0.25, -0.2) is 17.6 Å². The zero-order valence-corrected chi connectivity index (χ0v) is 16.3. The number of urea groups is 1. The Hall–Kier alpha value is -2.41. The molecule has 2 amide bonds. The van der Waals surface area contributed by atoms with E-state index in [-0.39, 0.29) is 23.1 Å². The lowest BCUT2D eigenvalue weighted by atomic mass is 10.1. The van der Waals surface area contributed by atoms with E-state index in [1.54, 1.807) is 36.1 Å². The van der Waals surface area contributed by atoms with Gasteiger partial charge in [-0.15, -0.1) is 0 Å². The van der Waals surface area contributed by atoms with Crippen LogP contribution in [0.3, 0.4) is 0 Å². The monoisotopic (exact) mass is 390 g/mol. The van der Waals surface area contributed by atoms with Gasteiger partial charge in [-0.1, -0.05) is 31.2 Å². The van der Waals surface area contributed by atoms with Crippen LogP contribution in [0.1, 0.15) is 35.6 Å². The van der Waals surface area contributed by atoms with Crippen LogP contribution in [-0.2, 0) is 27.9 Å². The molecule has 0 atom stereocenters. The highest BCUT2D eigenvalue weighted by Gasteiger charge is 2.24. The normalized spacial score (nSPS) is 14.0. The molecule has 0 radical (unpaired) electrons. The maximum Gasteiger partial charge on any atom is 0.322 e. The number of halogens is 1. The molecule has 0 spiro atoms. The van der Waals surface area contributed by atoms with Crippen molar-refractivity contribution in [3.05, 3.63) is 64.5 Å². The zero-order chi connectivity index (χ0) is 19.6. The largest absolute Gasteiger partial charge is 0.334 e. The van der Waals surface area contributed by atoms with Gasteiger partial charge in [-0.3, -0.25) is 4.90 Å². The molecule has 144 valence electrons. The average molecular weight is 390 g/mol. The Balaban J connectivity index is 1.80. The van der Waals surface area contributed by atoms with Gasteiger partial charge in [-0.05, 0) is 42.2 Å². The van der Waals surface area contributed by atoms with E-state index >= 15 is 0 Å². The van der Waals surface area contributed by atoms with Crippen LogP contribution in [0.4, 0.5) is 14.9 Å². The van der Waals surface area contributed by atoms with Crippen molar-refractivity contribution < 1.29 is 17.6 Å². The predicted molar refractivity (Wildman–Crippen MR) is 104 cm³/mol. The number of nitrogens with one attached hydrogen (secondary N) is 1. The Morgan fingerprint density at radius 3 is 2.63 bits per heavy atom. The first-order valence-corrected chi connectivity index (χ1v) is 10.7. The molecule has 0 saturated heterocycles. The molecule has 0 unspecified atom stereocenters. The summed E-state index contributed by atoms with van der Waals surface area (Å²) in [7, 11) is -3.53. The van der Waals surface area contributed by atoms with Gasteiger partial charge in [0.25, 0.3) is 0 Å². The summed E-state index contributed by atoms with van der Waals surface area (Å²) in [5.41, 5.74) is 3.26. The number of benzene rings is 2. The van der Waals surface area contributed by atoms with Crippen LogP contribution in [-0.4, -0.2) is 21.0 Å². The Morgan fingerprint density at radius 1 is 1.15 bits per heavy atom. The van der Waals surface area contributed by atoms with Crippen molar-refractivity contribution in [2.75, 3.05) is 11.4 Å². The number of rotatable bonds is 6. The summed E-state index contributed by atoms with van der Waals surface area (Å²) in [4.78, 5) is 13.7. The summed E-state index contributed by atoms with van der Waals surface area (Å²) in [6.45, 7) is 4.72. The number of carbonyl (C=O) groups excluding carboxylic acids is 1.